The van der Waals surface area contributed by atoms with Crippen LogP contribution in [0.5, 0.6) is 0 Å². The van der Waals surface area contributed by atoms with Crippen molar-refractivity contribution >= 4 is 7.85 Å². The summed E-state index contributed by atoms with van der Waals surface area (Å²) in [6.07, 6.45) is 7.23. The van der Waals surface area contributed by atoms with E-state index >= 15 is 0 Å². The number of hydrogen-bond acceptors (Lipinski definition) is 1. The van der Waals surface area contributed by atoms with Gasteiger partial charge in [-0.3, -0.25) is 0 Å². The molecule has 0 N–H and O–H groups in total. The van der Waals surface area contributed by atoms with Crippen molar-refractivity contribution in [2.45, 2.75) is 66.5 Å². The molecule has 2 radical (unpaired) electrons. The molecule has 0 aliphatic carbocycles. The molecule has 3 heteroatoms. The highest BCUT2D eigenvalue weighted by Gasteiger charge is 2.40. The second-order valence-electron chi connectivity index (χ2n) is 8.57. The lowest BCUT2D eigenvalue weighted by molar-refractivity contribution is -0.917. The normalized spacial score (nSPS) is 30.2. The molecule has 1 aliphatic rings. The first-order chi connectivity index (χ1) is 10.0. The average Bonchev–Trinajstić information content (AvgIpc) is 2.34. The molecule has 3 atom stereocenters. The molecule has 1 fully saturated rings. The molecule has 2 nitrogen and oxygen atoms in total. The van der Waals surface area contributed by atoms with Crippen LogP contribution in [0.4, 0.5) is 0 Å². The van der Waals surface area contributed by atoms with E-state index in [2.05, 4.69) is 60.7 Å². The predicted molar refractivity (Wildman–Crippen MR) is 97.1 cm³/mol. The summed E-state index contributed by atoms with van der Waals surface area (Å²) >= 11 is 0. The van der Waals surface area contributed by atoms with Crippen molar-refractivity contribution in [2.75, 3.05) is 26.7 Å². The van der Waals surface area contributed by atoms with E-state index in [-0.39, 0.29) is 17.5 Å². The van der Waals surface area contributed by atoms with Crippen LogP contribution < -0.4 is 0 Å². The number of ether oxygens (including phenoxy) is 1. The van der Waals surface area contributed by atoms with Gasteiger partial charge in [0.05, 0.1) is 26.1 Å². The monoisotopic (exact) mass is 304 g/mol. The van der Waals surface area contributed by atoms with Crippen molar-refractivity contribution in [1.82, 2.24) is 0 Å². The van der Waals surface area contributed by atoms with Gasteiger partial charge in [0.25, 0.3) is 0 Å². The maximum absolute atomic E-state index is 6.15. The van der Waals surface area contributed by atoms with Crippen molar-refractivity contribution in [1.29, 1.82) is 0 Å². The Hall–Kier alpha value is -0.535. The molecule has 0 amide bonds. The Morgan fingerprint density at radius 3 is 2.36 bits per heavy atom. The number of quaternary nitrogens is 1. The molecule has 0 saturated carbocycles. The topological polar surface area (TPSA) is 9.23 Å². The van der Waals surface area contributed by atoms with Crippen molar-refractivity contribution in [2.24, 2.45) is 5.41 Å². The highest BCUT2D eigenvalue weighted by atomic mass is 16.5. The minimum absolute atomic E-state index is 0.139. The van der Waals surface area contributed by atoms with Gasteiger partial charge in [-0.2, -0.15) is 0 Å². The Morgan fingerprint density at radius 1 is 1.18 bits per heavy atom. The first kappa shape index (κ1) is 19.5. The van der Waals surface area contributed by atoms with E-state index in [9.17, 15) is 0 Å². The van der Waals surface area contributed by atoms with Crippen LogP contribution in [-0.2, 0) is 4.74 Å². The van der Waals surface area contributed by atoms with Crippen molar-refractivity contribution in [3.8, 4) is 0 Å². The van der Waals surface area contributed by atoms with Crippen LogP contribution in [0.2, 0.25) is 0 Å². The van der Waals surface area contributed by atoms with Gasteiger partial charge in [0.2, 0.25) is 0 Å². The molecule has 3 unspecified atom stereocenters. The third-order valence-electron chi connectivity index (χ3n) is 4.50. The van der Waals surface area contributed by atoms with E-state index in [1.54, 1.807) is 0 Å². The fourth-order valence-electron chi connectivity index (χ4n) is 2.90. The number of nitrogens with zero attached hydrogens (tertiary/aromatic N) is 1. The standard InChI is InChI=1S/C19H35BNO/c1-15(2)9-8-10-16(3)11-12-21(7)13-17(19(4,5)6)22-18(20)14-21/h9,11,17-18H,8,10,12-14H2,1-7H3/q+1/b16-11+. The van der Waals surface area contributed by atoms with Crippen LogP contribution in [0.15, 0.2) is 23.3 Å². The van der Waals surface area contributed by atoms with Crippen LogP contribution in [0.3, 0.4) is 0 Å². The zero-order chi connectivity index (χ0) is 17.0. The molecule has 0 spiro atoms. The first-order valence-corrected chi connectivity index (χ1v) is 8.55. The molecule has 1 aliphatic heterocycles. The fourth-order valence-corrected chi connectivity index (χ4v) is 2.90. The van der Waals surface area contributed by atoms with E-state index in [0.717, 1.165) is 37.0 Å². The largest absolute Gasteiger partial charge is 0.373 e. The maximum Gasteiger partial charge on any atom is 0.116 e. The zero-order valence-electron chi connectivity index (χ0n) is 15.8. The molecule has 0 bridgehead atoms. The van der Waals surface area contributed by atoms with Gasteiger partial charge in [0.15, 0.2) is 0 Å². The van der Waals surface area contributed by atoms with Gasteiger partial charge in [0.1, 0.15) is 20.5 Å². The number of allylic oxidation sites excluding steroid dienone is 3. The molecule has 22 heavy (non-hydrogen) atoms. The fraction of sp³-hybridized carbons (Fsp3) is 0.789. The minimum atomic E-state index is -0.151. The summed E-state index contributed by atoms with van der Waals surface area (Å²) in [4.78, 5) is 0. The van der Waals surface area contributed by atoms with Gasteiger partial charge in [-0.05, 0) is 45.1 Å². The Balaban J connectivity index is 2.63. The molecule has 124 valence electrons. The maximum atomic E-state index is 6.15. The van der Waals surface area contributed by atoms with E-state index in [1.165, 1.54) is 11.1 Å². The summed E-state index contributed by atoms with van der Waals surface area (Å²) in [5.41, 5.74) is 3.02. The van der Waals surface area contributed by atoms with Crippen LogP contribution >= 0.6 is 0 Å². The summed E-state index contributed by atoms with van der Waals surface area (Å²) < 4.78 is 6.95. The highest BCUT2D eigenvalue weighted by molar-refractivity contribution is 6.11. The Kier molecular flexibility index (Phi) is 6.95. The second kappa shape index (κ2) is 7.83. The third kappa shape index (κ3) is 6.70. The van der Waals surface area contributed by atoms with Crippen LogP contribution in [-0.4, -0.2) is 51.1 Å². The van der Waals surface area contributed by atoms with E-state index < -0.39 is 0 Å². The Morgan fingerprint density at radius 2 is 1.82 bits per heavy atom. The molecule has 0 aromatic heterocycles. The minimum Gasteiger partial charge on any atom is -0.373 e. The Labute approximate surface area is 139 Å². The SMILES string of the molecule is [B]C1C[N+](C)(C/C=C(\C)CCC=C(C)C)CC(C(C)(C)C)O1. The number of hydrogen-bond donors (Lipinski definition) is 0. The van der Waals surface area contributed by atoms with Crippen LogP contribution in [0.25, 0.3) is 0 Å². The van der Waals surface area contributed by atoms with Crippen molar-refractivity contribution < 1.29 is 9.22 Å². The van der Waals surface area contributed by atoms with Crippen LogP contribution in [0.1, 0.15) is 54.4 Å². The number of likely N-dealkylation sites (N-methyl/N-ethyl adjacent to an activating group) is 1. The lowest BCUT2D eigenvalue weighted by atomic mass is 9.85. The molecular weight excluding hydrogens is 269 g/mol. The van der Waals surface area contributed by atoms with Crippen LogP contribution in [0, 0.1) is 5.41 Å². The van der Waals surface area contributed by atoms with E-state index in [0.29, 0.717) is 0 Å². The molecular formula is C19H35BNO+. The number of morpholine rings is 1. The summed E-state index contributed by atoms with van der Waals surface area (Å²) in [6.45, 7) is 16.2. The zero-order valence-corrected chi connectivity index (χ0v) is 15.8. The van der Waals surface area contributed by atoms with Gasteiger partial charge < -0.3 is 9.22 Å². The average molecular weight is 304 g/mol. The summed E-state index contributed by atoms with van der Waals surface area (Å²) in [5.74, 6) is 0. The summed E-state index contributed by atoms with van der Waals surface area (Å²) in [5, 5.41) is 0. The lowest BCUT2D eigenvalue weighted by Crippen LogP contribution is -2.61. The molecule has 0 aromatic carbocycles. The smallest absolute Gasteiger partial charge is 0.116 e. The Bertz CT molecular complexity index is 418. The molecule has 1 heterocycles. The quantitative estimate of drug-likeness (QED) is 0.423. The molecule has 1 rings (SSSR count). The first-order valence-electron chi connectivity index (χ1n) is 8.55. The third-order valence-corrected chi connectivity index (χ3v) is 4.50. The number of rotatable bonds is 5. The summed E-state index contributed by atoms with van der Waals surface area (Å²) in [6, 6.07) is -0.151. The van der Waals surface area contributed by atoms with Gasteiger partial charge in [-0.1, -0.05) is 38.0 Å². The van der Waals surface area contributed by atoms with Gasteiger partial charge in [0, 0.05) is 0 Å². The molecule has 0 aromatic rings. The van der Waals surface area contributed by atoms with Gasteiger partial charge in [-0.15, -0.1) is 0 Å². The second-order valence-corrected chi connectivity index (χ2v) is 8.57. The van der Waals surface area contributed by atoms with Crippen molar-refractivity contribution in [3.05, 3.63) is 23.3 Å². The predicted octanol–water partition coefficient (Wildman–Crippen LogP) is 4.07. The van der Waals surface area contributed by atoms with Gasteiger partial charge >= 0.3 is 0 Å². The van der Waals surface area contributed by atoms with Crippen molar-refractivity contribution in [3.63, 3.8) is 0 Å². The lowest BCUT2D eigenvalue weighted by Gasteiger charge is -2.47. The highest BCUT2D eigenvalue weighted by Crippen LogP contribution is 2.29. The van der Waals surface area contributed by atoms with E-state index in [4.69, 9.17) is 12.6 Å². The summed E-state index contributed by atoms with van der Waals surface area (Å²) in [7, 11) is 8.46. The molecule has 1 saturated heterocycles. The van der Waals surface area contributed by atoms with Gasteiger partial charge in [-0.25, -0.2) is 0 Å². The van der Waals surface area contributed by atoms with E-state index in [1.807, 2.05) is 0 Å².